The molecule has 0 radical (unpaired) electrons. The van der Waals surface area contributed by atoms with Crippen LogP contribution in [0.1, 0.15) is 16.5 Å². The Bertz CT molecular complexity index is 484. The second kappa shape index (κ2) is 6.48. The van der Waals surface area contributed by atoms with Gasteiger partial charge in [0.1, 0.15) is 0 Å². The van der Waals surface area contributed by atoms with Gasteiger partial charge in [0.05, 0.1) is 6.04 Å². The lowest BCUT2D eigenvalue weighted by molar-refractivity contribution is 0.245. The Morgan fingerprint density at radius 3 is 2.78 bits per heavy atom. The molecular weight excluding hydrogens is 308 g/mol. The van der Waals surface area contributed by atoms with E-state index in [2.05, 4.69) is 63.6 Å². The van der Waals surface area contributed by atoms with Gasteiger partial charge in [-0.25, -0.2) is 0 Å². The summed E-state index contributed by atoms with van der Waals surface area (Å²) in [6.07, 6.45) is 0. The van der Waals surface area contributed by atoms with Crippen molar-refractivity contribution in [1.82, 2.24) is 4.90 Å². The van der Waals surface area contributed by atoms with Crippen molar-refractivity contribution in [3.05, 3.63) is 56.7 Å². The summed E-state index contributed by atoms with van der Waals surface area (Å²) in [5.41, 5.74) is 7.20. The van der Waals surface area contributed by atoms with Crippen molar-refractivity contribution in [2.24, 2.45) is 5.73 Å². The normalized spacial score (nSPS) is 12.9. The van der Waals surface area contributed by atoms with Crippen LogP contribution in [0.5, 0.6) is 0 Å². The summed E-state index contributed by atoms with van der Waals surface area (Å²) >= 11 is 5.27. The summed E-state index contributed by atoms with van der Waals surface area (Å²) in [7, 11) is 2.12. The minimum atomic E-state index is 0.295. The summed E-state index contributed by atoms with van der Waals surface area (Å²) in [6.45, 7) is 1.55. The van der Waals surface area contributed by atoms with Gasteiger partial charge >= 0.3 is 0 Å². The summed E-state index contributed by atoms with van der Waals surface area (Å²) in [5.74, 6) is 0. The molecule has 1 unspecified atom stereocenters. The largest absolute Gasteiger partial charge is 0.329 e. The Labute approximate surface area is 121 Å². The second-order valence-corrected chi connectivity index (χ2v) is 6.21. The Kier molecular flexibility index (Phi) is 4.95. The Morgan fingerprint density at radius 1 is 1.33 bits per heavy atom. The van der Waals surface area contributed by atoms with Crippen molar-refractivity contribution in [1.29, 1.82) is 0 Å². The lowest BCUT2D eigenvalue weighted by Gasteiger charge is -2.26. The highest BCUT2D eigenvalue weighted by Gasteiger charge is 2.16. The van der Waals surface area contributed by atoms with Crippen LogP contribution in [0.4, 0.5) is 0 Å². The van der Waals surface area contributed by atoms with Gasteiger partial charge in [0.25, 0.3) is 0 Å². The van der Waals surface area contributed by atoms with Crippen LogP contribution >= 0.6 is 27.3 Å². The molecule has 0 bridgehead atoms. The van der Waals surface area contributed by atoms with Crippen LogP contribution in [0.2, 0.25) is 0 Å². The molecule has 0 aliphatic rings. The molecule has 96 valence electrons. The first-order chi connectivity index (χ1) is 8.70. The SMILES string of the molecule is CN(Cc1cccc(Br)c1)C(CN)c1cccs1. The van der Waals surface area contributed by atoms with Crippen LogP contribution < -0.4 is 5.73 Å². The maximum Gasteiger partial charge on any atom is 0.0564 e. The van der Waals surface area contributed by atoms with Gasteiger partial charge in [-0.3, -0.25) is 4.90 Å². The van der Waals surface area contributed by atoms with E-state index in [1.54, 1.807) is 11.3 Å². The predicted molar refractivity (Wildman–Crippen MR) is 81.7 cm³/mol. The molecule has 1 aromatic carbocycles. The molecule has 0 spiro atoms. The van der Waals surface area contributed by atoms with Gasteiger partial charge in [0.15, 0.2) is 0 Å². The lowest BCUT2D eigenvalue weighted by Crippen LogP contribution is -2.29. The van der Waals surface area contributed by atoms with E-state index in [1.807, 2.05) is 6.07 Å². The summed E-state index contributed by atoms with van der Waals surface area (Å²) < 4.78 is 1.12. The molecule has 0 saturated heterocycles. The average molecular weight is 325 g/mol. The smallest absolute Gasteiger partial charge is 0.0564 e. The number of thiophene rings is 1. The Balaban J connectivity index is 2.08. The fourth-order valence-corrected chi connectivity index (χ4v) is 3.38. The topological polar surface area (TPSA) is 29.3 Å². The van der Waals surface area contributed by atoms with Crippen LogP contribution in [0.3, 0.4) is 0 Å². The minimum absolute atomic E-state index is 0.295. The molecule has 2 N–H and O–H groups in total. The first-order valence-electron chi connectivity index (χ1n) is 5.89. The van der Waals surface area contributed by atoms with Crippen molar-refractivity contribution in [2.75, 3.05) is 13.6 Å². The van der Waals surface area contributed by atoms with Gasteiger partial charge in [0.2, 0.25) is 0 Å². The minimum Gasteiger partial charge on any atom is -0.329 e. The molecule has 0 fully saturated rings. The van der Waals surface area contributed by atoms with E-state index in [9.17, 15) is 0 Å². The van der Waals surface area contributed by atoms with Crippen molar-refractivity contribution in [3.8, 4) is 0 Å². The van der Waals surface area contributed by atoms with Gasteiger partial charge < -0.3 is 5.73 Å². The molecule has 0 saturated carbocycles. The van der Waals surface area contributed by atoms with Gasteiger partial charge in [-0.05, 0) is 36.2 Å². The van der Waals surface area contributed by atoms with E-state index in [0.29, 0.717) is 12.6 Å². The maximum atomic E-state index is 5.90. The monoisotopic (exact) mass is 324 g/mol. The second-order valence-electron chi connectivity index (χ2n) is 4.31. The molecule has 18 heavy (non-hydrogen) atoms. The highest BCUT2D eigenvalue weighted by atomic mass is 79.9. The first kappa shape index (κ1) is 13.7. The van der Waals surface area contributed by atoms with E-state index >= 15 is 0 Å². The van der Waals surface area contributed by atoms with Gasteiger partial charge in [0, 0.05) is 22.4 Å². The van der Waals surface area contributed by atoms with Crippen molar-refractivity contribution < 1.29 is 0 Å². The number of hydrogen-bond donors (Lipinski definition) is 1. The Morgan fingerprint density at radius 2 is 2.17 bits per heavy atom. The van der Waals surface area contributed by atoms with Crippen LogP contribution in [-0.4, -0.2) is 18.5 Å². The zero-order valence-corrected chi connectivity index (χ0v) is 12.7. The summed E-state index contributed by atoms with van der Waals surface area (Å²) in [6, 6.07) is 12.9. The fourth-order valence-electron chi connectivity index (χ4n) is 2.03. The Hall–Kier alpha value is -0.680. The van der Waals surface area contributed by atoms with Crippen LogP contribution in [0.15, 0.2) is 46.3 Å². The third kappa shape index (κ3) is 3.42. The van der Waals surface area contributed by atoms with Crippen molar-refractivity contribution in [3.63, 3.8) is 0 Å². The maximum absolute atomic E-state index is 5.90. The molecular formula is C14H17BrN2S. The molecule has 2 aromatic rings. The zero-order valence-electron chi connectivity index (χ0n) is 10.3. The molecule has 0 aliphatic carbocycles. The average Bonchev–Trinajstić information content (AvgIpc) is 2.83. The van der Waals surface area contributed by atoms with Gasteiger partial charge in [-0.2, -0.15) is 0 Å². The molecule has 1 heterocycles. The number of rotatable bonds is 5. The van der Waals surface area contributed by atoms with E-state index in [0.717, 1.165) is 11.0 Å². The van der Waals surface area contributed by atoms with Gasteiger partial charge in [-0.15, -0.1) is 11.3 Å². The number of nitrogens with two attached hydrogens (primary N) is 1. The van der Waals surface area contributed by atoms with Crippen LogP contribution in [0, 0.1) is 0 Å². The standard InChI is InChI=1S/C14H17BrN2S/c1-17(10-11-4-2-5-12(15)8-11)13(9-16)14-6-3-7-18-14/h2-8,13H,9-10,16H2,1H3. The first-order valence-corrected chi connectivity index (χ1v) is 7.56. The highest BCUT2D eigenvalue weighted by molar-refractivity contribution is 9.10. The van der Waals surface area contributed by atoms with E-state index in [-0.39, 0.29) is 0 Å². The summed E-state index contributed by atoms with van der Waals surface area (Å²) in [4.78, 5) is 3.63. The van der Waals surface area contributed by atoms with Crippen LogP contribution in [0.25, 0.3) is 0 Å². The van der Waals surface area contributed by atoms with Crippen LogP contribution in [-0.2, 0) is 6.54 Å². The number of hydrogen-bond acceptors (Lipinski definition) is 3. The number of nitrogens with zero attached hydrogens (tertiary/aromatic N) is 1. The highest BCUT2D eigenvalue weighted by Crippen LogP contribution is 2.24. The van der Waals surface area contributed by atoms with Gasteiger partial charge in [-0.1, -0.05) is 34.1 Å². The lowest BCUT2D eigenvalue weighted by atomic mass is 10.1. The number of likely N-dealkylation sites (N-methyl/N-ethyl adjacent to an activating group) is 1. The van der Waals surface area contributed by atoms with Crippen molar-refractivity contribution in [2.45, 2.75) is 12.6 Å². The summed E-state index contributed by atoms with van der Waals surface area (Å²) in [5, 5.41) is 2.10. The molecule has 1 atom stereocenters. The molecule has 0 amide bonds. The number of benzene rings is 1. The third-order valence-electron chi connectivity index (χ3n) is 2.95. The molecule has 2 nitrogen and oxygen atoms in total. The fraction of sp³-hybridized carbons (Fsp3) is 0.286. The molecule has 4 heteroatoms. The third-order valence-corrected chi connectivity index (χ3v) is 4.41. The molecule has 0 aliphatic heterocycles. The van der Waals surface area contributed by atoms with E-state index < -0.39 is 0 Å². The quantitative estimate of drug-likeness (QED) is 0.909. The molecule has 2 rings (SSSR count). The molecule has 1 aromatic heterocycles. The van der Waals surface area contributed by atoms with E-state index in [4.69, 9.17) is 5.73 Å². The number of halogens is 1. The predicted octanol–water partition coefficient (Wildman–Crippen LogP) is 3.64. The van der Waals surface area contributed by atoms with Crippen molar-refractivity contribution >= 4 is 27.3 Å². The zero-order chi connectivity index (χ0) is 13.0. The van der Waals surface area contributed by atoms with E-state index in [1.165, 1.54) is 10.4 Å².